The number of carboxylic acid groups (broad SMARTS) is 1. The minimum absolute atomic E-state index is 0.155. The second-order valence-corrected chi connectivity index (χ2v) is 8.86. The molecule has 0 bridgehead atoms. The fourth-order valence-corrected chi connectivity index (χ4v) is 3.19. The summed E-state index contributed by atoms with van der Waals surface area (Å²) >= 11 is 0. The zero-order valence-corrected chi connectivity index (χ0v) is 22.8. The van der Waals surface area contributed by atoms with E-state index in [-0.39, 0.29) is 24.7 Å². The second kappa shape index (κ2) is 16.3. The first kappa shape index (κ1) is 32.5. The van der Waals surface area contributed by atoms with Crippen LogP contribution in [-0.4, -0.2) is 61.0 Å². The van der Waals surface area contributed by atoms with Gasteiger partial charge >= 0.3 is 24.4 Å². The Balaban J connectivity index is 3.34. The van der Waals surface area contributed by atoms with E-state index in [2.05, 4.69) is 0 Å². The molecule has 0 saturated heterocycles. The lowest BCUT2D eigenvalue weighted by Gasteiger charge is -2.28. The maximum atomic E-state index is 12.4. The molecular formula is C26H39NO11. The average molecular weight is 542 g/mol. The molecule has 214 valence electrons. The Labute approximate surface area is 222 Å². The number of nitrogens with two attached hydrogens (primary N) is 1. The van der Waals surface area contributed by atoms with E-state index < -0.39 is 54.5 Å². The third-order valence-corrected chi connectivity index (χ3v) is 5.66. The van der Waals surface area contributed by atoms with Crippen molar-refractivity contribution in [2.45, 2.75) is 85.0 Å². The molecule has 0 spiro atoms. The average Bonchev–Trinajstić information content (AvgIpc) is 2.87. The highest BCUT2D eigenvalue weighted by Gasteiger charge is 2.33. The van der Waals surface area contributed by atoms with Crippen LogP contribution in [0.5, 0.6) is 11.5 Å². The van der Waals surface area contributed by atoms with E-state index in [0.29, 0.717) is 24.8 Å². The molecule has 4 unspecified atom stereocenters. The summed E-state index contributed by atoms with van der Waals surface area (Å²) in [6.45, 7) is 10.5. The molecule has 0 amide bonds. The van der Waals surface area contributed by atoms with Crippen LogP contribution < -0.4 is 15.2 Å². The molecule has 0 radical (unpaired) electrons. The van der Waals surface area contributed by atoms with Gasteiger partial charge in [0.25, 0.3) is 0 Å². The summed E-state index contributed by atoms with van der Waals surface area (Å²) < 4.78 is 30.8. The number of carbonyl (C=O) groups excluding carboxylic acids is 3. The molecule has 0 aliphatic rings. The van der Waals surface area contributed by atoms with Crippen LogP contribution in [-0.2, 0) is 23.7 Å². The Hall–Kier alpha value is -3.54. The molecule has 12 heteroatoms. The first-order valence-corrected chi connectivity index (χ1v) is 12.6. The minimum atomic E-state index is -1.41. The molecule has 1 aromatic carbocycles. The van der Waals surface area contributed by atoms with Crippen molar-refractivity contribution >= 4 is 24.4 Å². The third kappa shape index (κ3) is 10.8. The number of rotatable bonds is 14. The highest BCUT2D eigenvalue weighted by molar-refractivity contribution is 5.75. The summed E-state index contributed by atoms with van der Waals surface area (Å²) in [6.07, 6.45) is -2.11. The van der Waals surface area contributed by atoms with Gasteiger partial charge in [-0.25, -0.2) is 14.4 Å². The molecule has 5 atom stereocenters. The summed E-state index contributed by atoms with van der Waals surface area (Å²) in [7, 11) is 0. The van der Waals surface area contributed by atoms with E-state index in [0.717, 1.165) is 0 Å². The van der Waals surface area contributed by atoms with E-state index in [9.17, 15) is 24.3 Å². The Kier molecular flexibility index (Phi) is 14.0. The Morgan fingerprint density at radius 1 is 0.842 bits per heavy atom. The standard InChI is InChI=1S/C26H39NO11/c1-7-12-33-24(30)34-14-15(4)21(22(27)23(28)29)18-10-11-19(37-25(31)35-16(5)8-2)20(13-18)38-26(32)36-17(6)9-3/h10-11,13,15-17,21-22H,7-9,12,14,27H2,1-6H3,(H,28,29)/t15?,16?,17?,21?,22-/m0/s1. The Morgan fingerprint density at radius 3 is 1.89 bits per heavy atom. The fourth-order valence-electron chi connectivity index (χ4n) is 3.19. The van der Waals surface area contributed by atoms with Gasteiger partial charge in [-0.1, -0.05) is 33.8 Å². The number of benzene rings is 1. The van der Waals surface area contributed by atoms with Crippen LogP contribution in [0.15, 0.2) is 18.2 Å². The van der Waals surface area contributed by atoms with E-state index in [4.69, 9.17) is 34.2 Å². The van der Waals surface area contributed by atoms with Gasteiger partial charge in [0.1, 0.15) is 18.2 Å². The van der Waals surface area contributed by atoms with Crippen molar-refractivity contribution in [1.82, 2.24) is 0 Å². The molecule has 38 heavy (non-hydrogen) atoms. The molecule has 0 fully saturated rings. The van der Waals surface area contributed by atoms with Gasteiger partial charge in [-0.05, 0) is 56.7 Å². The molecule has 0 aromatic heterocycles. The van der Waals surface area contributed by atoms with Crippen molar-refractivity contribution in [2.24, 2.45) is 11.7 Å². The van der Waals surface area contributed by atoms with Gasteiger partial charge in [-0.15, -0.1) is 0 Å². The van der Waals surface area contributed by atoms with Crippen molar-refractivity contribution in [3.8, 4) is 11.5 Å². The normalized spacial score (nSPS) is 14.7. The molecule has 0 aliphatic heterocycles. The lowest BCUT2D eigenvalue weighted by atomic mass is 9.82. The molecule has 1 aromatic rings. The van der Waals surface area contributed by atoms with Crippen LogP contribution in [0.3, 0.4) is 0 Å². The van der Waals surface area contributed by atoms with Crippen LogP contribution in [0.1, 0.15) is 72.3 Å². The number of hydrogen-bond donors (Lipinski definition) is 2. The van der Waals surface area contributed by atoms with E-state index in [1.54, 1.807) is 20.8 Å². The summed E-state index contributed by atoms with van der Waals surface area (Å²) in [5.74, 6) is -3.17. The second-order valence-electron chi connectivity index (χ2n) is 8.86. The lowest BCUT2D eigenvalue weighted by Crippen LogP contribution is -2.40. The molecule has 1 rings (SSSR count). The van der Waals surface area contributed by atoms with Gasteiger partial charge in [0.15, 0.2) is 11.5 Å². The van der Waals surface area contributed by atoms with Gasteiger partial charge in [-0.3, -0.25) is 4.79 Å². The van der Waals surface area contributed by atoms with Gasteiger partial charge < -0.3 is 39.3 Å². The summed E-state index contributed by atoms with van der Waals surface area (Å²) in [5, 5.41) is 9.63. The van der Waals surface area contributed by atoms with Crippen molar-refractivity contribution in [2.75, 3.05) is 13.2 Å². The van der Waals surface area contributed by atoms with Crippen LogP contribution >= 0.6 is 0 Å². The SMILES string of the molecule is CCCOC(=O)OCC(C)C(c1ccc(OC(=O)OC(C)CC)c(OC(=O)OC(C)CC)c1)[C@H](N)C(=O)O. The van der Waals surface area contributed by atoms with Gasteiger partial charge in [0.05, 0.1) is 13.2 Å². The zero-order valence-electron chi connectivity index (χ0n) is 22.8. The summed E-state index contributed by atoms with van der Waals surface area (Å²) in [6, 6.07) is 2.70. The third-order valence-electron chi connectivity index (χ3n) is 5.66. The maximum Gasteiger partial charge on any atom is 0.514 e. The monoisotopic (exact) mass is 541 g/mol. The van der Waals surface area contributed by atoms with Crippen molar-refractivity contribution in [1.29, 1.82) is 0 Å². The first-order valence-electron chi connectivity index (χ1n) is 12.6. The minimum Gasteiger partial charge on any atom is -0.480 e. The molecule has 0 aliphatic carbocycles. The topological polar surface area (TPSA) is 170 Å². The maximum absolute atomic E-state index is 12.4. The van der Waals surface area contributed by atoms with E-state index >= 15 is 0 Å². The number of carboxylic acids is 1. The predicted octanol–water partition coefficient (Wildman–Crippen LogP) is 5.01. The highest BCUT2D eigenvalue weighted by Crippen LogP contribution is 2.36. The highest BCUT2D eigenvalue weighted by atomic mass is 16.8. The molecular weight excluding hydrogens is 502 g/mol. The Morgan fingerprint density at radius 2 is 1.39 bits per heavy atom. The molecule has 0 heterocycles. The number of hydrogen-bond acceptors (Lipinski definition) is 11. The van der Waals surface area contributed by atoms with Crippen LogP contribution in [0, 0.1) is 5.92 Å². The number of ether oxygens (including phenoxy) is 6. The molecule has 12 nitrogen and oxygen atoms in total. The summed E-state index contributed by atoms with van der Waals surface area (Å²) in [5.41, 5.74) is 6.32. The van der Waals surface area contributed by atoms with E-state index in [1.165, 1.54) is 18.2 Å². The Bertz CT molecular complexity index is 936. The predicted molar refractivity (Wildman–Crippen MR) is 135 cm³/mol. The lowest BCUT2D eigenvalue weighted by molar-refractivity contribution is -0.139. The quantitative estimate of drug-likeness (QED) is 0.184. The van der Waals surface area contributed by atoms with Crippen molar-refractivity contribution in [3.05, 3.63) is 23.8 Å². The van der Waals surface area contributed by atoms with Crippen LogP contribution in [0.25, 0.3) is 0 Å². The molecule has 3 N–H and O–H groups in total. The smallest absolute Gasteiger partial charge is 0.480 e. The number of aliphatic carboxylic acids is 1. The summed E-state index contributed by atoms with van der Waals surface area (Å²) in [4.78, 5) is 48.2. The van der Waals surface area contributed by atoms with Gasteiger partial charge in [-0.2, -0.15) is 0 Å². The van der Waals surface area contributed by atoms with Crippen molar-refractivity contribution in [3.63, 3.8) is 0 Å². The van der Waals surface area contributed by atoms with Crippen LogP contribution in [0.2, 0.25) is 0 Å². The van der Waals surface area contributed by atoms with Gasteiger partial charge in [0, 0.05) is 5.92 Å². The first-order chi connectivity index (χ1) is 17.9. The van der Waals surface area contributed by atoms with Gasteiger partial charge in [0.2, 0.25) is 0 Å². The van der Waals surface area contributed by atoms with Crippen LogP contribution in [0.4, 0.5) is 14.4 Å². The van der Waals surface area contributed by atoms with E-state index in [1.807, 2.05) is 20.8 Å². The fraction of sp³-hybridized carbons (Fsp3) is 0.615. The largest absolute Gasteiger partial charge is 0.514 e. The molecule has 0 saturated carbocycles. The van der Waals surface area contributed by atoms with Crippen molar-refractivity contribution < 1.29 is 52.7 Å². The zero-order chi connectivity index (χ0) is 28.8. The number of carbonyl (C=O) groups is 4.